The largest absolute Gasteiger partial charge is 0.337 e. The standard InChI is InChI=1S/C22H36N4O/c1-2-25-17-20(15-23-25)16-24-13-6-10-22(12-14-24)11-9-21(27)26(22)18-19-7-4-3-5-8-19/h15,17,19H,2-14,16,18H2,1H3/t22-/m0/s1. The van der Waals surface area contributed by atoms with Crippen LogP contribution in [-0.4, -0.2) is 50.7 Å². The number of nitrogens with zero attached hydrogens (tertiary/aromatic N) is 4. The van der Waals surface area contributed by atoms with Crippen LogP contribution in [0.15, 0.2) is 12.4 Å². The molecule has 5 nitrogen and oxygen atoms in total. The maximum absolute atomic E-state index is 12.7. The number of carbonyl (C=O) groups is 1. The van der Waals surface area contributed by atoms with E-state index >= 15 is 0 Å². The summed E-state index contributed by atoms with van der Waals surface area (Å²) in [7, 11) is 0. The molecule has 1 aromatic rings. The Kier molecular flexibility index (Phi) is 5.86. The molecule has 4 rings (SSSR count). The molecule has 5 heteroatoms. The Bertz CT molecular complexity index is 636. The summed E-state index contributed by atoms with van der Waals surface area (Å²) in [5.41, 5.74) is 1.46. The lowest BCUT2D eigenvalue weighted by atomic mass is 9.84. The first-order valence-corrected chi connectivity index (χ1v) is 11.2. The summed E-state index contributed by atoms with van der Waals surface area (Å²) < 4.78 is 2.01. The molecule has 2 saturated heterocycles. The molecule has 150 valence electrons. The molecule has 3 aliphatic rings. The number of aromatic nitrogens is 2. The molecule has 1 aliphatic carbocycles. The van der Waals surface area contributed by atoms with Crippen LogP contribution in [0.1, 0.15) is 76.7 Å². The minimum atomic E-state index is 0.150. The highest BCUT2D eigenvalue weighted by Crippen LogP contribution is 2.41. The number of likely N-dealkylation sites (tertiary alicyclic amines) is 2. The molecule has 1 spiro atoms. The van der Waals surface area contributed by atoms with E-state index in [0.29, 0.717) is 5.91 Å². The molecule has 3 fully saturated rings. The number of hydrogen-bond acceptors (Lipinski definition) is 3. The van der Waals surface area contributed by atoms with Gasteiger partial charge in [0.25, 0.3) is 0 Å². The van der Waals surface area contributed by atoms with E-state index in [1.807, 2.05) is 10.9 Å². The van der Waals surface area contributed by atoms with Crippen LogP contribution in [0, 0.1) is 5.92 Å². The quantitative estimate of drug-likeness (QED) is 0.789. The molecule has 0 aromatic carbocycles. The minimum Gasteiger partial charge on any atom is -0.337 e. The Hall–Kier alpha value is -1.36. The van der Waals surface area contributed by atoms with Gasteiger partial charge in [-0.1, -0.05) is 19.3 Å². The zero-order valence-corrected chi connectivity index (χ0v) is 17.0. The average molecular weight is 373 g/mol. The van der Waals surface area contributed by atoms with Gasteiger partial charge in [-0.2, -0.15) is 5.10 Å². The van der Waals surface area contributed by atoms with Gasteiger partial charge in [-0.3, -0.25) is 14.4 Å². The first-order valence-electron chi connectivity index (χ1n) is 11.2. The predicted molar refractivity (Wildman–Crippen MR) is 107 cm³/mol. The van der Waals surface area contributed by atoms with Gasteiger partial charge >= 0.3 is 0 Å². The van der Waals surface area contributed by atoms with Crippen LogP contribution in [0.5, 0.6) is 0 Å². The highest BCUT2D eigenvalue weighted by Gasteiger charge is 2.46. The third kappa shape index (κ3) is 4.23. The van der Waals surface area contributed by atoms with E-state index in [9.17, 15) is 4.79 Å². The van der Waals surface area contributed by atoms with E-state index in [-0.39, 0.29) is 5.54 Å². The van der Waals surface area contributed by atoms with Crippen LogP contribution >= 0.6 is 0 Å². The molecule has 0 radical (unpaired) electrons. The van der Waals surface area contributed by atoms with Crippen molar-refractivity contribution in [1.29, 1.82) is 0 Å². The second-order valence-electron chi connectivity index (χ2n) is 9.07. The van der Waals surface area contributed by atoms with E-state index in [2.05, 4.69) is 28.0 Å². The number of rotatable bonds is 5. The molecule has 1 atom stereocenters. The van der Waals surface area contributed by atoms with Gasteiger partial charge in [-0.25, -0.2) is 0 Å². The summed E-state index contributed by atoms with van der Waals surface area (Å²) in [6, 6.07) is 0. The summed E-state index contributed by atoms with van der Waals surface area (Å²) in [5, 5.41) is 4.42. The van der Waals surface area contributed by atoms with Crippen molar-refractivity contribution in [2.75, 3.05) is 19.6 Å². The Labute approximate surface area is 164 Å². The summed E-state index contributed by atoms with van der Waals surface area (Å²) in [4.78, 5) is 17.7. The van der Waals surface area contributed by atoms with Crippen molar-refractivity contribution >= 4 is 5.91 Å². The van der Waals surface area contributed by atoms with Crippen LogP contribution in [0.4, 0.5) is 0 Å². The van der Waals surface area contributed by atoms with Crippen LogP contribution in [-0.2, 0) is 17.9 Å². The first kappa shape index (κ1) is 19.0. The maximum atomic E-state index is 12.7. The lowest BCUT2D eigenvalue weighted by molar-refractivity contribution is -0.132. The number of aryl methyl sites for hydroxylation is 1. The fraction of sp³-hybridized carbons (Fsp3) is 0.818. The van der Waals surface area contributed by atoms with Crippen molar-refractivity contribution < 1.29 is 4.79 Å². The smallest absolute Gasteiger partial charge is 0.223 e. The highest BCUT2D eigenvalue weighted by atomic mass is 16.2. The fourth-order valence-corrected chi connectivity index (χ4v) is 5.63. The number of amides is 1. The van der Waals surface area contributed by atoms with Gasteiger partial charge in [0, 0.05) is 49.9 Å². The van der Waals surface area contributed by atoms with Crippen LogP contribution in [0.2, 0.25) is 0 Å². The van der Waals surface area contributed by atoms with Crippen LogP contribution in [0.25, 0.3) is 0 Å². The van der Waals surface area contributed by atoms with Gasteiger partial charge in [0.1, 0.15) is 0 Å². The van der Waals surface area contributed by atoms with E-state index in [4.69, 9.17) is 0 Å². The zero-order chi connectivity index (χ0) is 18.7. The van der Waals surface area contributed by atoms with Crippen molar-refractivity contribution in [3.8, 4) is 0 Å². The lowest BCUT2D eigenvalue weighted by Gasteiger charge is -2.41. The Morgan fingerprint density at radius 1 is 1.11 bits per heavy atom. The average Bonchev–Trinajstić information content (AvgIpc) is 3.19. The molecule has 0 bridgehead atoms. The van der Waals surface area contributed by atoms with Crippen molar-refractivity contribution in [2.24, 2.45) is 5.92 Å². The SMILES string of the molecule is CCn1cc(CN2CCC[C@]3(CCC(=O)N3CC3CCCCC3)CC2)cn1. The predicted octanol–water partition coefficient (Wildman–Crippen LogP) is 3.83. The molecular weight excluding hydrogens is 336 g/mol. The first-order chi connectivity index (χ1) is 13.2. The van der Waals surface area contributed by atoms with Crippen LogP contribution in [0.3, 0.4) is 0 Å². The van der Waals surface area contributed by atoms with E-state index in [0.717, 1.165) is 57.9 Å². The summed E-state index contributed by atoms with van der Waals surface area (Å²) in [6.07, 6.45) is 16.3. The highest BCUT2D eigenvalue weighted by molar-refractivity contribution is 5.79. The molecular formula is C22H36N4O. The van der Waals surface area contributed by atoms with Gasteiger partial charge in [-0.05, 0) is 57.9 Å². The van der Waals surface area contributed by atoms with E-state index < -0.39 is 0 Å². The van der Waals surface area contributed by atoms with Crippen molar-refractivity contribution in [2.45, 2.75) is 89.8 Å². The normalized spacial score (nSPS) is 28.2. The van der Waals surface area contributed by atoms with Gasteiger partial charge in [0.2, 0.25) is 5.91 Å². The Balaban J connectivity index is 1.39. The Morgan fingerprint density at radius 2 is 1.96 bits per heavy atom. The summed E-state index contributed by atoms with van der Waals surface area (Å²) >= 11 is 0. The minimum absolute atomic E-state index is 0.150. The summed E-state index contributed by atoms with van der Waals surface area (Å²) in [6.45, 7) is 7.33. The third-order valence-electron chi connectivity index (χ3n) is 7.27. The molecule has 2 aliphatic heterocycles. The number of carbonyl (C=O) groups excluding carboxylic acids is 1. The molecule has 1 amide bonds. The molecule has 1 aromatic heterocycles. The molecule has 1 saturated carbocycles. The van der Waals surface area contributed by atoms with E-state index in [1.54, 1.807) is 0 Å². The van der Waals surface area contributed by atoms with Crippen molar-refractivity contribution in [3.05, 3.63) is 18.0 Å². The van der Waals surface area contributed by atoms with Crippen molar-refractivity contribution in [1.82, 2.24) is 19.6 Å². The third-order valence-corrected chi connectivity index (χ3v) is 7.27. The molecule has 0 N–H and O–H groups in total. The van der Waals surface area contributed by atoms with Gasteiger partial charge in [0.05, 0.1) is 6.20 Å². The van der Waals surface area contributed by atoms with Gasteiger partial charge in [-0.15, -0.1) is 0 Å². The Morgan fingerprint density at radius 3 is 2.74 bits per heavy atom. The molecule has 0 unspecified atom stereocenters. The topological polar surface area (TPSA) is 41.4 Å². The van der Waals surface area contributed by atoms with Gasteiger partial charge in [0.15, 0.2) is 0 Å². The van der Waals surface area contributed by atoms with Crippen molar-refractivity contribution in [3.63, 3.8) is 0 Å². The zero-order valence-electron chi connectivity index (χ0n) is 17.0. The second-order valence-corrected chi connectivity index (χ2v) is 9.07. The lowest BCUT2D eigenvalue weighted by Crippen LogP contribution is -2.48. The van der Waals surface area contributed by atoms with Gasteiger partial charge < -0.3 is 4.90 Å². The summed E-state index contributed by atoms with van der Waals surface area (Å²) in [5.74, 6) is 1.18. The monoisotopic (exact) mass is 372 g/mol. The number of hydrogen-bond donors (Lipinski definition) is 0. The fourth-order valence-electron chi connectivity index (χ4n) is 5.63. The second kappa shape index (κ2) is 8.34. The van der Waals surface area contributed by atoms with Crippen LogP contribution < -0.4 is 0 Å². The maximum Gasteiger partial charge on any atom is 0.223 e. The molecule has 27 heavy (non-hydrogen) atoms. The molecule has 3 heterocycles. The van der Waals surface area contributed by atoms with E-state index in [1.165, 1.54) is 50.5 Å².